The molecule has 0 amide bonds. The third-order valence-electron chi connectivity index (χ3n) is 2.46. The summed E-state index contributed by atoms with van der Waals surface area (Å²) >= 11 is 5.33. The van der Waals surface area contributed by atoms with Crippen LogP contribution in [0, 0.1) is 12.3 Å². The Morgan fingerprint density at radius 1 is 1.67 bits per heavy atom. The minimum Gasteiger partial charge on any atom is -0.247 e. The number of nitrogens with zero attached hydrogens (tertiary/aromatic N) is 1. The highest BCUT2D eigenvalue weighted by Crippen LogP contribution is 2.49. The van der Waals surface area contributed by atoms with E-state index in [2.05, 4.69) is 33.2 Å². The Labute approximate surface area is 85.3 Å². The minimum absolute atomic E-state index is 0.570. The van der Waals surface area contributed by atoms with Gasteiger partial charge in [-0.25, -0.2) is 4.98 Å². The minimum atomic E-state index is 0.570. The lowest BCUT2D eigenvalue weighted by molar-refractivity contribution is 0.578. The summed E-state index contributed by atoms with van der Waals surface area (Å²) < 4.78 is 0. The van der Waals surface area contributed by atoms with E-state index >= 15 is 0 Å². The molecular formula is C9H12BrNS. The molecule has 1 aliphatic carbocycles. The van der Waals surface area contributed by atoms with Gasteiger partial charge in [0.2, 0.25) is 0 Å². The molecule has 1 heterocycles. The van der Waals surface area contributed by atoms with Crippen molar-refractivity contribution in [1.82, 2.24) is 4.98 Å². The van der Waals surface area contributed by atoms with Crippen LogP contribution in [0.4, 0.5) is 0 Å². The number of alkyl halides is 1. The highest BCUT2D eigenvalue weighted by Gasteiger charge is 2.41. The van der Waals surface area contributed by atoms with Gasteiger partial charge in [-0.05, 0) is 31.6 Å². The summed E-state index contributed by atoms with van der Waals surface area (Å²) in [6, 6.07) is 0. The van der Waals surface area contributed by atoms with Gasteiger partial charge in [0.1, 0.15) is 0 Å². The number of aromatic nitrogens is 1. The summed E-state index contributed by atoms with van der Waals surface area (Å²) in [5, 5.41) is 4.52. The van der Waals surface area contributed by atoms with Gasteiger partial charge in [-0.1, -0.05) is 15.9 Å². The maximum atomic E-state index is 4.48. The van der Waals surface area contributed by atoms with Crippen LogP contribution in [0.5, 0.6) is 0 Å². The molecule has 1 aliphatic rings. The number of rotatable bonds is 3. The summed E-state index contributed by atoms with van der Waals surface area (Å²) in [5.41, 5.74) is 1.86. The van der Waals surface area contributed by atoms with Crippen LogP contribution >= 0.6 is 27.3 Å². The largest absolute Gasteiger partial charge is 0.247 e. The molecule has 0 aromatic carbocycles. The fourth-order valence-corrected chi connectivity index (χ4v) is 2.78. The van der Waals surface area contributed by atoms with Gasteiger partial charge >= 0.3 is 0 Å². The van der Waals surface area contributed by atoms with Crippen LogP contribution in [0.3, 0.4) is 0 Å². The van der Waals surface area contributed by atoms with Crippen molar-refractivity contribution in [2.45, 2.75) is 26.2 Å². The van der Waals surface area contributed by atoms with E-state index < -0.39 is 0 Å². The average molecular weight is 246 g/mol. The number of hydrogen-bond acceptors (Lipinski definition) is 2. The van der Waals surface area contributed by atoms with Crippen LogP contribution in [0.25, 0.3) is 0 Å². The maximum Gasteiger partial charge on any atom is 0.0897 e. The van der Waals surface area contributed by atoms with E-state index in [-0.39, 0.29) is 0 Å². The van der Waals surface area contributed by atoms with Crippen molar-refractivity contribution < 1.29 is 0 Å². The molecule has 2 rings (SSSR count). The van der Waals surface area contributed by atoms with Crippen LogP contribution < -0.4 is 0 Å². The Hall–Kier alpha value is 0.110. The molecule has 0 bridgehead atoms. The van der Waals surface area contributed by atoms with Crippen molar-refractivity contribution in [3.63, 3.8) is 0 Å². The normalized spacial score (nSPS) is 19.5. The van der Waals surface area contributed by atoms with Gasteiger partial charge in [-0.15, -0.1) is 11.3 Å². The molecule has 12 heavy (non-hydrogen) atoms. The lowest BCUT2D eigenvalue weighted by Gasteiger charge is -2.07. The Kier molecular flexibility index (Phi) is 2.25. The lowest BCUT2D eigenvalue weighted by atomic mass is 10.0. The first-order valence-corrected chi connectivity index (χ1v) is 6.21. The molecule has 0 aliphatic heterocycles. The molecular weight excluding hydrogens is 234 g/mol. The molecule has 0 saturated heterocycles. The van der Waals surface area contributed by atoms with E-state index in [1.54, 1.807) is 11.3 Å². The smallest absolute Gasteiger partial charge is 0.0897 e. The Bertz CT molecular complexity index is 278. The van der Waals surface area contributed by atoms with Gasteiger partial charge in [0, 0.05) is 10.7 Å². The van der Waals surface area contributed by atoms with Crippen molar-refractivity contribution in [2.75, 3.05) is 5.33 Å². The first-order chi connectivity index (χ1) is 5.74. The first kappa shape index (κ1) is 8.70. The van der Waals surface area contributed by atoms with Crippen LogP contribution in [0.15, 0.2) is 5.38 Å². The van der Waals surface area contributed by atoms with Gasteiger partial charge in [-0.3, -0.25) is 0 Å². The van der Waals surface area contributed by atoms with E-state index in [0.29, 0.717) is 5.41 Å². The second kappa shape index (κ2) is 3.11. The molecule has 3 heteroatoms. The summed E-state index contributed by atoms with van der Waals surface area (Å²) in [4.78, 5) is 4.48. The van der Waals surface area contributed by atoms with E-state index in [4.69, 9.17) is 0 Å². The SMILES string of the molecule is Cc1nc(CC2(CBr)CC2)cs1. The molecule has 66 valence electrons. The summed E-state index contributed by atoms with van der Waals surface area (Å²) in [6.07, 6.45) is 3.91. The van der Waals surface area contributed by atoms with Crippen molar-refractivity contribution >= 4 is 27.3 Å². The second-order valence-electron chi connectivity index (χ2n) is 3.67. The third kappa shape index (κ3) is 1.72. The van der Waals surface area contributed by atoms with Crippen LogP contribution in [0.1, 0.15) is 23.5 Å². The van der Waals surface area contributed by atoms with Gasteiger partial charge in [0.05, 0.1) is 10.7 Å². The highest BCUT2D eigenvalue weighted by molar-refractivity contribution is 9.09. The molecule has 0 unspecified atom stereocenters. The van der Waals surface area contributed by atoms with Crippen molar-refractivity contribution in [2.24, 2.45) is 5.41 Å². The van der Waals surface area contributed by atoms with Crippen LogP contribution in [0.2, 0.25) is 0 Å². The monoisotopic (exact) mass is 245 g/mol. The fourth-order valence-electron chi connectivity index (χ4n) is 1.41. The molecule has 0 radical (unpaired) electrons. The molecule has 0 spiro atoms. The molecule has 1 saturated carbocycles. The average Bonchev–Trinajstić information content (AvgIpc) is 2.71. The number of aryl methyl sites for hydroxylation is 1. The predicted octanol–water partition coefficient (Wildman–Crippen LogP) is 3.17. The summed E-state index contributed by atoms with van der Waals surface area (Å²) in [7, 11) is 0. The molecule has 0 atom stereocenters. The van der Waals surface area contributed by atoms with Crippen molar-refractivity contribution in [3.05, 3.63) is 16.1 Å². The van der Waals surface area contributed by atoms with Crippen molar-refractivity contribution in [1.29, 1.82) is 0 Å². The number of hydrogen-bond donors (Lipinski definition) is 0. The zero-order valence-corrected chi connectivity index (χ0v) is 9.54. The fraction of sp³-hybridized carbons (Fsp3) is 0.667. The quantitative estimate of drug-likeness (QED) is 0.746. The third-order valence-corrected chi connectivity index (χ3v) is 4.48. The molecule has 1 aromatic rings. The Morgan fingerprint density at radius 3 is 2.83 bits per heavy atom. The first-order valence-electron chi connectivity index (χ1n) is 4.21. The van der Waals surface area contributed by atoms with Gasteiger partial charge < -0.3 is 0 Å². The van der Waals surface area contributed by atoms with E-state index in [0.717, 1.165) is 5.33 Å². The van der Waals surface area contributed by atoms with Gasteiger partial charge in [-0.2, -0.15) is 0 Å². The molecule has 0 N–H and O–H groups in total. The van der Waals surface area contributed by atoms with E-state index in [1.165, 1.54) is 30.0 Å². The predicted molar refractivity (Wildman–Crippen MR) is 56.0 cm³/mol. The number of halogens is 1. The molecule has 1 fully saturated rings. The van der Waals surface area contributed by atoms with Crippen LogP contribution in [-0.4, -0.2) is 10.3 Å². The maximum absolute atomic E-state index is 4.48. The van der Waals surface area contributed by atoms with Crippen molar-refractivity contribution in [3.8, 4) is 0 Å². The zero-order chi connectivity index (χ0) is 8.60. The standard InChI is InChI=1S/C9H12BrNS/c1-7-11-8(5-12-7)4-9(6-10)2-3-9/h5H,2-4,6H2,1H3. The highest BCUT2D eigenvalue weighted by atomic mass is 79.9. The zero-order valence-electron chi connectivity index (χ0n) is 7.14. The summed E-state index contributed by atoms with van der Waals surface area (Å²) in [6.45, 7) is 2.07. The van der Waals surface area contributed by atoms with Gasteiger partial charge in [0.15, 0.2) is 0 Å². The van der Waals surface area contributed by atoms with E-state index in [9.17, 15) is 0 Å². The van der Waals surface area contributed by atoms with Gasteiger partial charge in [0.25, 0.3) is 0 Å². The second-order valence-corrected chi connectivity index (χ2v) is 5.29. The lowest BCUT2D eigenvalue weighted by Crippen LogP contribution is -2.06. The van der Waals surface area contributed by atoms with Crippen LogP contribution in [-0.2, 0) is 6.42 Å². The molecule has 1 aromatic heterocycles. The van der Waals surface area contributed by atoms with E-state index in [1.807, 2.05) is 0 Å². The topological polar surface area (TPSA) is 12.9 Å². The Balaban J connectivity index is 2.04. The molecule has 1 nitrogen and oxygen atoms in total. The Morgan fingerprint density at radius 2 is 2.42 bits per heavy atom. The summed E-state index contributed by atoms with van der Waals surface area (Å²) in [5.74, 6) is 0. The number of thiazole rings is 1.